The third-order valence-corrected chi connectivity index (χ3v) is 7.72. The van der Waals surface area contributed by atoms with Crippen molar-refractivity contribution in [1.82, 2.24) is 9.62 Å². The topological polar surface area (TPSA) is 75.7 Å². The number of methoxy groups -OCH3 is 1. The lowest BCUT2D eigenvalue weighted by Crippen LogP contribution is -2.29. The molecule has 0 aliphatic carbocycles. The highest BCUT2D eigenvalue weighted by Gasteiger charge is 2.30. The lowest BCUT2D eigenvalue weighted by molar-refractivity contribution is 0.0956. The van der Waals surface area contributed by atoms with E-state index in [-0.39, 0.29) is 16.6 Å². The zero-order valence-electron chi connectivity index (χ0n) is 16.7. The molecule has 0 bridgehead atoms. The average Bonchev–Trinajstić information content (AvgIpc) is 3.27. The highest BCUT2D eigenvalue weighted by Crippen LogP contribution is 2.29. The molecule has 1 heterocycles. The SMILES string of the molecule is COc1ccc(C(=O)NCCSc2ccc(C)cc2)cc1S(=O)(=O)N1CCCC1. The second-order valence-corrected chi connectivity index (χ2v) is 9.97. The Morgan fingerprint density at radius 3 is 2.48 bits per heavy atom. The van der Waals surface area contributed by atoms with Gasteiger partial charge < -0.3 is 10.1 Å². The van der Waals surface area contributed by atoms with E-state index in [1.54, 1.807) is 23.9 Å². The smallest absolute Gasteiger partial charge is 0.251 e. The van der Waals surface area contributed by atoms with E-state index in [1.807, 2.05) is 6.92 Å². The van der Waals surface area contributed by atoms with E-state index in [1.165, 1.54) is 23.0 Å². The molecule has 29 heavy (non-hydrogen) atoms. The summed E-state index contributed by atoms with van der Waals surface area (Å²) in [4.78, 5) is 13.7. The van der Waals surface area contributed by atoms with Gasteiger partial charge in [0.2, 0.25) is 10.0 Å². The molecule has 0 saturated carbocycles. The molecule has 1 fully saturated rings. The van der Waals surface area contributed by atoms with Crippen molar-refractivity contribution in [2.45, 2.75) is 29.6 Å². The number of aryl methyl sites for hydroxylation is 1. The van der Waals surface area contributed by atoms with Crippen molar-refractivity contribution >= 4 is 27.7 Å². The van der Waals surface area contributed by atoms with Crippen LogP contribution in [0.1, 0.15) is 28.8 Å². The maximum absolute atomic E-state index is 12.9. The number of hydrogen-bond acceptors (Lipinski definition) is 5. The second kappa shape index (κ2) is 9.65. The van der Waals surface area contributed by atoms with Gasteiger partial charge in [0.05, 0.1) is 7.11 Å². The number of hydrogen-bond donors (Lipinski definition) is 1. The highest BCUT2D eigenvalue weighted by molar-refractivity contribution is 7.99. The minimum atomic E-state index is -3.68. The first-order valence-electron chi connectivity index (χ1n) is 9.57. The number of benzene rings is 2. The molecule has 1 aliphatic heterocycles. The Morgan fingerprint density at radius 1 is 1.14 bits per heavy atom. The summed E-state index contributed by atoms with van der Waals surface area (Å²) in [5.74, 6) is 0.683. The van der Waals surface area contributed by atoms with Gasteiger partial charge in [-0.05, 0) is 50.1 Å². The number of nitrogens with zero attached hydrogens (tertiary/aromatic N) is 1. The maximum Gasteiger partial charge on any atom is 0.251 e. The second-order valence-electron chi connectivity index (χ2n) is 6.89. The molecule has 1 N–H and O–H groups in total. The van der Waals surface area contributed by atoms with Crippen LogP contribution in [0, 0.1) is 6.92 Å². The van der Waals surface area contributed by atoms with Crippen molar-refractivity contribution < 1.29 is 17.9 Å². The molecule has 3 rings (SSSR count). The zero-order valence-corrected chi connectivity index (χ0v) is 18.3. The Bertz CT molecular complexity index is 953. The largest absolute Gasteiger partial charge is 0.495 e. The standard InChI is InChI=1S/C21H26N2O4S2/c1-16-5-8-18(9-6-16)28-14-11-22-21(24)17-7-10-19(27-2)20(15-17)29(25,26)23-12-3-4-13-23/h5-10,15H,3-4,11-14H2,1-2H3,(H,22,24). The summed E-state index contributed by atoms with van der Waals surface area (Å²) in [6.07, 6.45) is 1.70. The van der Waals surface area contributed by atoms with Crippen LogP contribution in [0.3, 0.4) is 0 Å². The van der Waals surface area contributed by atoms with Gasteiger partial charge in [-0.3, -0.25) is 4.79 Å². The Labute approximate surface area is 176 Å². The molecule has 1 amide bonds. The molecule has 0 radical (unpaired) electrons. The molecule has 2 aromatic carbocycles. The van der Waals surface area contributed by atoms with Crippen molar-refractivity contribution in [2.75, 3.05) is 32.5 Å². The minimum absolute atomic E-state index is 0.0450. The summed E-state index contributed by atoms with van der Waals surface area (Å²) in [6, 6.07) is 12.8. The minimum Gasteiger partial charge on any atom is -0.495 e. The van der Waals surface area contributed by atoms with Crippen molar-refractivity contribution in [1.29, 1.82) is 0 Å². The summed E-state index contributed by atoms with van der Waals surface area (Å²) < 4.78 is 32.6. The molecular weight excluding hydrogens is 408 g/mol. The maximum atomic E-state index is 12.9. The highest BCUT2D eigenvalue weighted by atomic mass is 32.2. The van der Waals surface area contributed by atoms with Gasteiger partial charge in [0.15, 0.2) is 0 Å². The summed E-state index contributed by atoms with van der Waals surface area (Å²) >= 11 is 1.66. The Hall–Kier alpha value is -2.03. The van der Waals surface area contributed by atoms with Crippen LogP contribution in [-0.2, 0) is 10.0 Å². The van der Waals surface area contributed by atoms with Gasteiger partial charge in [0, 0.05) is 35.8 Å². The van der Waals surface area contributed by atoms with E-state index in [0.29, 0.717) is 25.2 Å². The number of carbonyl (C=O) groups excluding carboxylic acids is 1. The van der Waals surface area contributed by atoms with Crippen molar-refractivity contribution in [3.05, 3.63) is 53.6 Å². The van der Waals surface area contributed by atoms with Crippen molar-refractivity contribution in [3.8, 4) is 5.75 Å². The molecule has 0 spiro atoms. The van der Waals surface area contributed by atoms with Gasteiger partial charge in [-0.2, -0.15) is 4.31 Å². The Kier molecular flexibility index (Phi) is 7.21. The van der Waals surface area contributed by atoms with E-state index in [9.17, 15) is 13.2 Å². The van der Waals surface area contributed by atoms with E-state index < -0.39 is 10.0 Å². The van der Waals surface area contributed by atoms with E-state index in [2.05, 4.69) is 29.6 Å². The van der Waals surface area contributed by atoms with Gasteiger partial charge >= 0.3 is 0 Å². The van der Waals surface area contributed by atoms with Crippen LogP contribution in [0.4, 0.5) is 0 Å². The number of sulfonamides is 1. The number of thioether (sulfide) groups is 1. The van der Waals surface area contributed by atoms with Crippen LogP contribution in [0.25, 0.3) is 0 Å². The molecular formula is C21H26N2O4S2. The Morgan fingerprint density at radius 2 is 1.83 bits per heavy atom. The van der Waals surface area contributed by atoms with Crippen LogP contribution in [0.2, 0.25) is 0 Å². The molecule has 156 valence electrons. The normalized spacial score (nSPS) is 14.7. The van der Waals surface area contributed by atoms with E-state index in [4.69, 9.17) is 4.74 Å². The Balaban J connectivity index is 1.65. The quantitative estimate of drug-likeness (QED) is 0.510. The predicted octanol–water partition coefficient (Wildman–Crippen LogP) is 3.31. The van der Waals surface area contributed by atoms with Crippen LogP contribution in [0.5, 0.6) is 5.75 Å². The van der Waals surface area contributed by atoms with Gasteiger partial charge in [0.25, 0.3) is 5.91 Å². The van der Waals surface area contributed by atoms with Gasteiger partial charge in [-0.15, -0.1) is 11.8 Å². The first-order valence-corrected chi connectivity index (χ1v) is 12.0. The lowest BCUT2D eigenvalue weighted by Gasteiger charge is -2.18. The predicted molar refractivity (Wildman–Crippen MR) is 115 cm³/mol. The molecule has 6 nitrogen and oxygen atoms in total. The van der Waals surface area contributed by atoms with Crippen LogP contribution in [-0.4, -0.2) is 51.1 Å². The van der Waals surface area contributed by atoms with Gasteiger partial charge in [-0.1, -0.05) is 17.7 Å². The fourth-order valence-electron chi connectivity index (χ4n) is 3.16. The monoisotopic (exact) mass is 434 g/mol. The fourth-order valence-corrected chi connectivity index (χ4v) is 5.62. The first-order chi connectivity index (χ1) is 13.9. The van der Waals surface area contributed by atoms with E-state index >= 15 is 0 Å². The summed E-state index contributed by atoms with van der Waals surface area (Å²) in [5.41, 5.74) is 1.52. The molecule has 0 aromatic heterocycles. The van der Waals surface area contributed by atoms with E-state index in [0.717, 1.165) is 23.5 Å². The lowest BCUT2D eigenvalue weighted by atomic mass is 10.2. The summed E-state index contributed by atoms with van der Waals surface area (Å²) in [6.45, 7) is 3.52. The average molecular weight is 435 g/mol. The number of ether oxygens (including phenoxy) is 1. The third kappa shape index (κ3) is 5.32. The molecule has 0 atom stereocenters. The fraction of sp³-hybridized carbons (Fsp3) is 0.381. The van der Waals surface area contributed by atoms with Crippen LogP contribution >= 0.6 is 11.8 Å². The summed E-state index contributed by atoms with van der Waals surface area (Å²) in [5, 5.41) is 2.86. The third-order valence-electron chi connectivity index (χ3n) is 4.79. The van der Waals surface area contributed by atoms with Crippen LogP contribution < -0.4 is 10.1 Å². The molecule has 0 unspecified atom stereocenters. The van der Waals surface area contributed by atoms with Gasteiger partial charge in [-0.25, -0.2) is 8.42 Å². The first kappa shape index (κ1) is 21.7. The molecule has 1 aliphatic rings. The number of amides is 1. The van der Waals surface area contributed by atoms with Crippen LogP contribution in [0.15, 0.2) is 52.3 Å². The molecule has 2 aromatic rings. The molecule has 8 heteroatoms. The zero-order chi connectivity index (χ0) is 20.9. The summed E-state index contributed by atoms with van der Waals surface area (Å²) in [7, 11) is -2.25. The number of rotatable bonds is 8. The number of nitrogens with one attached hydrogen (secondary N) is 1. The van der Waals surface area contributed by atoms with Crippen molar-refractivity contribution in [3.63, 3.8) is 0 Å². The number of carbonyl (C=O) groups is 1. The molecule has 1 saturated heterocycles. The van der Waals surface area contributed by atoms with Gasteiger partial charge in [0.1, 0.15) is 10.6 Å². The van der Waals surface area contributed by atoms with Crippen molar-refractivity contribution in [2.24, 2.45) is 0 Å².